The van der Waals surface area contributed by atoms with Gasteiger partial charge in [-0.05, 0) is 30.0 Å². The van der Waals surface area contributed by atoms with E-state index in [0.29, 0.717) is 11.3 Å². The number of benzene rings is 1. The molecule has 0 aliphatic heterocycles. The maximum absolute atomic E-state index is 13.1. The Balaban J connectivity index is 1.94. The summed E-state index contributed by atoms with van der Waals surface area (Å²) in [5.41, 5.74) is 0.761. The number of tetrazole rings is 1. The molecular formula is C12H12ClF4N5. The normalized spacial score (nSPS) is 12.1. The number of nitrogens with zero attached hydrogens (tertiary/aromatic N) is 5. The Bertz CT molecular complexity index is 643. The van der Waals surface area contributed by atoms with Crippen LogP contribution in [-0.4, -0.2) is 38.3 Å². The van der Waals surface area contributed by atoms with Crippen LogP contribution in [0.1, 0.15) is 11.4 Å². The van der Waals surface area contributed by atoms with Gasteiger partial charge in [-0.3, -0.25) is 4.90 Å². The van der Waals surface area contributed by atoms with Crippen LogP contribution in [0.5, 0.6) is 0 Å². The molecule has 0 bridgehead atoms. The first-order chi connectivity index (χ1) is 10.2. The van der Waals surface area contributed by atoms with Gasteiger partial charge < -0.3 is 0 Å². The van der Waals surface area contributed by atoms with Crippen LogP contribution in [0.2, 0.25) is 5.02 Å². The zero-order valence-corrected chi connectivity index (χ0v) is 12.2. The number of halogens is 5. The second-order valence-electron chi connectivity index (χ2n) is 4.77. The van der Waals surface area contributed by atoms with Crippen LogP contribution in [0, 0.1) is 5.82 Å². The third kappa shape index (κ3) is 4.92. The van der Waals surface area contributed by atoms with Crippen molar-refractivity contribution in [2.75, 3.05) is 7.05 Å². The molecule has 10 heteroatoms. The van der Waals surface area contributed by atoms with E-state index in [-0.39, 0.29) is 17.4 Å². The van der Waals surface area contributed by atoms with E-state index in [0.717, 1.165) is 5.56 Å². The quantitative estimate of drug-likeness (QED) is 0.787. The minimum Gasteiger partial charge on any atom is -0.295 e. The zero-order valence-electron chi connectivity index (χ0n) is 11.5. The molecule has 120 valence electrons. The smallest absolute Gasteiger partial charge is 0.295 e. The molecule has 0 atom stereocenters. The molecule has 22 heavy (non-hydrogen) atoms. The van der Waals surface area contributed by atoms with Gasteiger partial charge in [-0.15, -0.1) is 10.2 Å². The molecule has 0 amide bonds. The van der Waals surface area contributed by atoms with E-state index in [1.165, 1.54) is 12.1 Å². The van der Waals surface area contributed by atoms with Crippen LogP contribution in [0.15, 0.2) is 18.2 Å². The number of hydrogen-bond acceptors (Lipinski definition) is 4. The van der Waals surface area contributed by atoms with Gasteiger partial charge >= 0.3 is 6.18 Å². The summed E-state index contributed by atoms with van der Waals surface area (Å²) in [6, 6.07) is 4.32. The monoisotopic (exact) mass is 337 g/mol. The molecular weight excluding hydrogens is 326 g/mol. The summed E-state index contributed by atoms with van der Waals surface area (Å²) in [5.74, 6) is -0.343. The van der Waals surface area contributed by atoms with E-state index in [4.69, 9.17) is 11.6 Å². The molecule has 0 spiro atoms. The standard InChI is InChI=1S/C12H12ClF4N5/c1-21(5-8-2-3-10(14)9(13)4-8)6-11-18-20-22(19-11)7-12(15,16)17/h2-4H,5-7H2,1H3. The fourth-order valence-corrected chi connectivity index (χ4v) is 2.02. The van der Waals surface area contributed by atoms with Crippen LogP contribution in [0.4, 0.5) is 17.6 Å². The average Bonchev–Trinajstić information content (AvgIpc) is 2.78. The van der Waals surface area contributed by atoms with Crippen molar-refractivity contribution in [3.63, 3.8) is 0 Å². The SMILES string of the molecule is CN(Cc1ccc(F)c(Cl)c1)Cc1nnn(CC(F)(F)F)n1. The highest BCUT2D eigenvalue weighted by Crippen LogP contribution is 2.18. The lowest BCUT2D eigenvalue weighted by Crippen LogP contribution is -2.21. The lowest BCUT2D eigenvalue weighted by molar-refractivity contribution is -0.145. The van der Waals surface area contributed by atoms with E-state index in [9.17, 15) is 17.6 Å². The lowest BCUT2D eigenvalue weighted by Gasteiger charge is -2.14. The maximum atomic E-state index is 13.1. The summed E-state index contributed by atoms with van der Waals surface area (Å²) in [7, 11) is 1.72. The summed E-state index contributed by atoms with van der Waals surface area (Å²) in [5, 5.41) is 10.6. The van der Waals surface area contributed by atoms with Gasteiger partial charge in [0.05, 0.1) is 11.6 Å². The van der Waals surface area contributed by atoms with Crippen molar-refractivity contribution in [1.29, 1.82) is 0 Å². The fourth-order valence-electron chi connectivity index (χ4n) is 1.81. The van der Waals surface area contributed by atoms with E-state index >= 15 is 0 Å². The molecule has 1 aromatic heterocycles. The Morgan fingerprint density at radius 3 is 2.64 bits per heavy atom. The molecule has 5 nitrogen and oxygen atoms in total. The van der Waals surface area contributed by atoms with Gasteiger partial charge in [0.1, 0.15) is 5.82 Å². The molecule has 0 saturated carbocycles. The van der Waals surface area contributed by atoms with Crippen molar-refractivity contribution < 1.29 is 17.6 Å². The Morgan fingerprint density at radius 1 is 1.27 bits per heavy atom. The third-order valence-corrected chi connectivity index (χ3v) is 2.95. The summed E-state index contributed by atoms with van der Waals surface area (Å²) >= 11 is 5.68. The highest BCUT2D eigenvalue weighted by Gasteiger charge is 2.29. The Labute approximate surface area is 128 Å². The molecule has 0 aliphatic rings. The topological polar surface area (TPSA) is 46.8 Å². The first-order valence-corrected chi connectivity index (χ1v) is 6.56. The van der Waals surface area contributed by atoms with Crippen molar-refractivity contribution in [2.45, 2.75) is 25.8 Å². The van der Waals surface area contributed by atoms with E-state index < -0.39 is 18.5 Å². The fraction of sp³-hybridized carbons (Fsp3) is 0.417. The second-order valence-corrected chi connectivity index (χ2v) is 5.18. The molecule has 0 radical (unpaired) electrons. The molecule has 2 rings (SSSR count). The molecule has 0 aliphatic carbocycles. The first kappa shape index (κ1) is 16.6. The van der Waals surface area contributed by atoms with Crippen LogP contribution >= 0.6 is 11.6 Å². The van der Waals surface area contributed by atoms with Crippen molar-refractivity contribution in [3.8, 4) is 0 Å². The number of aromatic nitrogens is 4. The summed E-state index contributed by atoms with van der Waals surface area (Å²) in [6.07, 6.45) is -4.39. The van der Waals surface area contributed by atoms with Crippen LogP contribution in [0.3, 0.4) is 0 Å². The molecule has 2 aromatic rings. The maximum Gasteiger partial charge on any atom is 0.409 e. The van der Waals surface area contributed by atoms with Crippen LogP contribution in [0.25, 0.3) is 0 Å². The second kappa shape index (κ2) is 6.57. The van der Waals surface area contributed by atoms with Gasteiger partial charge in [-0.25, -0.2) is 4.39 Å². The molecule has 1 aromatic carbocycles. The Hall–Kier alpha value is -1.74. The Kier molecular flexibility index (Phi) is 4.97. The van der Waals surface area contributed by atoms with Crippen LogP contribution < -0.4 is 0 Å². The van der Waals surface area contributed by atoms with Gasteiger partial charge in [0, 0.05) is 6.54 Å². The molecule has 0 fully saturated rings. The van der Waals surface area contributed by atoms with Crippen molar-refractivity contribution in [2.24, 2.45) is 0 Å². The molecule has 0 unspecified atom stereocenters. The number of alkyl halides is 3. The summed E-state index contributed by atoms with van der Waals surface area (Å²) in [6.45, 7) is -0.669. The summed E-state index contributed by atoms with van der Waals surface area (Å²) in [4.78, 5) is 2.25. The zero-order chi connectivity index (χ0) is 16.3. The average molecular weight is 338 g/mol. The predicted molar refractivity (Wildman–Crippen MR) is 70.5 cm³/mol. The van der Waals surface area contributed by atoms with Gasteiger partial charge in [0.25, 0.3) is 0 Å². The first-order valence-electron chi connectivity index (χ1n) is 6.19. The van der Waals surface area contributed by atoms with Crippen molar-refractivity contribution in [1.82, 2.24) is 25.1 Å². The summed E-state index contributed by atoms with van der Waals surface area (Å²) < 4.78 is 49.6. The predicted octanol–water partition coefficient (Wildman–Crippen LogP) is 2.66. The molecule has 0 N–H and O–H groups in total. The number of rotatable bonds is 5. The van der Waals surface area contributed by atoms with E-state index in [1.807, 2.05) is 0 Å². The van der Waals surface area contributed by atoms with Gasteiger partial charge in [-0.1, -0.05) is 17.7 Å². The highest BCUT2D eigenvalue weighted by molar-refractivity contribution is 6.30. The van der Waals surface area contributed by atoms with Gasteiger partial charge in [-0.2, -0.15) is 18.0 Å². The van der Waals surface area contributed by atoms with E-state index in [1.54, 1.807) is 18.0 Å². The number of hydrogen-bond donors (Lipinski definition) is 0. The van der Waals surface area contributed by atoms with Gasteiger partial charge in [0.2, 0.25) is 0 Å². The lowest BCUT2D eigenvalue weighted by atomic mass is 10.2. The van der Waals surface area contributed by atoms with Crippen molar-refractivity contribution in [3.05, 3.63) is 40.4 Å². The van der Waals surface area contributed by atoms with E-state index in [2.05, 4.69) is 15.4 Å². The minimum absolute atomic E-state index is 0.0140. The highest BCUT2D eigenvalue weighted by atomic mass is 35.5. The van der Waals surface area contributed by atoms with Gasteiger partial charge in [0.15, 0.2) is 12.4 Å². The minimum atomic E-state index is -4.39. The third-order valence-electron chi connectivity index (χ3n) is 2.66. The molecule has 0 saturated heterocycles. The molecule has 1 heterocycles. The Morgan fingerprint density at radius 2 is 2.00 bits per heavy atom. The van der Waals surface area contributed by atoms with Crippen molar-refractivity contribution >= 4 is 11.6 Å². The largest absolute Gasteiger partial charge is 0.409 e. The van der Waals surface area contributed by atoms with Crippen LogP contribution in [-0.2, 0) is 19.6 Å².